The van der Waals surface area contributed by atoms with Gasteiger partial charge in [-0.05, 0) is 42.3 Å². The standard InChI is InChI=1S/C15H17FN2O2S/c1-2-3-11-4-6-12(7-5-11)18-21(19,20)13-8-9-14(16)15(17)10-13/h4-10,18H,2-3,17H2,1H3. The lowest BCUT2D eigenvalue weighted by molar-refractivity contribution is 0.600. The molecule has 4 nitrogen and oxygen atoms in total. The number of aryl methyl sites for hydroxylation is 1. The number of anilines is 2. The molecule has 0 saturated heterocycles. The van der Waals surface area contributed by atoms with Crippen LogP contribution in [0.1, 0.15) is 18.9 Å². The average molecular weight is 308 g/mol. The molecule has 3 N–H and O–H groups in total. The molecule has 2 aromatic carbocycles. The van der Waals surface area contributed by atoms with Gasteiger partial charge in [-0.1, -0.05) is 25.5 Å². The molecule has 0 bridgehead atoms. The Morgan fingerprint density at radius 1 is 1.14 bits per heavy atom. The van der Waals surface area contributed by atoms with E-state index in [4.69, 9.17) is 5.73 Å². The van der Waals surface area contributed by atoms with Gasteiger partial charge in [-0.25, -0.2) is 12.8 Å². The summed E-state index contributed by atoms with van der Waals surface area (Å²) in [6.45, 7) is 2.08. The number of halogens is 1. The number of nitrogens with one attached hydrogen (secondary N) is 1. The Hall–Kier alpha value is -2.08. The molecule has 0 aliphatic heterocycles. The minimum atomic E-state index is -3.77. The van der Waals surface area contributed by atoms with Crippen LogP contribution in [0.4, 0.5) is 15.8 Å². The first-order chi connectivity index (χ1) is 9.92. The predicted molar refractivity (Wildman–Crippen MR) is 82.1 cm³/mol. The first kappa shape index (κ1) is 15.3. The maximum absolute atomic E-state index is 13.1. The summed E-state index contributed by atoms with van der Waals surface area (Å²) in [6, 6.07) is 10.5. The average Bonchev–Trinajstić information content (AvgIpc) is 2.44. The van der Waals surface area contributed by atoms with Crippen molar-refractivity contribution < 1.29 is 12.8 Å². The first-order valence-electron chi connectivity index (χ1n) is 6.59. The van der Waals surface area contributed by atoms with Crippen LogP contribution in [-0.4, -0.2) is 8.42 Å². The molecule has 0 atom stereocenters. The predicted octanol–water partition coefficient (Wildman–Crippen LogP) is 3.16. The highest BCUT2D eigenvalue weighted by Crippen LogP contribution is 2.20. The van der Waals surface area contributed by atoms with Crippen LogP contribution in [0.3, 0.4) is 0 Å². The van der Waals surface area contributed by atoms with Crippen LogP contribution < -0.4 is 10.5 Å². The maximum atomic E-state index is 13.1. The number of hydrogen-bond acceptors (Lipinski definition) is 3. The number of nitrogen functional groups attached to an aromatic ring is 1. The molecule has 2 aromatic rings. The van der Waals surface area contributed by atoms with Crippen molar-refractivity contribution >= 4 is 21.4 Å². The third-order valence-corrected chi connectivity index (χ3v) is 4.40. The summed E-state index contributed by atoms with van der Waals surface area (Å²) in [5.41, 5.74) is 6.80. The maximum Gasteiger partial charge on any atom is 0.261 e. The molecule has 0 amide bonds. The zero-order chi connectivity index (χ0) is 15.5. The van der Waals surface area contributed by atoms with E-state index in [0.29, 0.717) is 5.69 Å². The number of benzene rings is 2. The van der Waals surface area contributed by atoms with Gasteiger partial charge in [0.15, 0.2) is 0 Å². The van der Waals surface area contributed by atoms with E-state index in [1.807, 2.05) is 12.1 Å². The van der Waals surface area contributed by atoms with Gasteiger partial charge in [-0.3, -0.25) is 4.72 Å². The van der Waals surface area contributed by atoms with E-state index in [1.165, 1.54) is 6.07 Å². The second-order valence-corrected chi connectivity index (χ2v) is 6.42. The lowest BCUT2D eigenvalue weighted by atomic mass is 10.1. The van der Waals surface area contributed by atoms with Crippen molar-refractivity contribution in [2.24, 2.45) is 0 Å². The summed E-state index contributed by atoms with van der Waals surface area (Å²) in [5, 5.41) is 0. The summed E-state index contributed by atoms with van der Waals surface area (Å²) in [7, 11) is -3.77. The first-order valence-corrected chi connectivity index (χ1v) is 8.07. The Labute approximate surface area is 123 Å². The van der Waals surface area contributed by atoms with Crippen molar-refractivity contribution in [3.05, 3.63) is 53.8 Å². The molecule has 0 spiro atoms. The Bertz CT molecular complexity index is 728. The fourth-order valence-electron chi connectivity index (χ4n) is 1.93. The lowest BCUT2D eigenvalue weighted by Crippen LogP contribution is -2.13. The lowest BCUT2D eigenvalue weighted by Gasteiger charge is -2.09. The van der Waals surface area contributed by atoms with Crippen LogP contribution in [0.25, 0.3) is 0 Å². The minimum absolute atomic E-state index is 0.0703. The van der Waals surface area contributed by atoms with Crippen LogP contribution in [0.5, 0.6) is 0 Å². The van der Waals surface area contributed by atoms with Crippen LogP contribution >= 0.6 is 0 Å². The van der Waals surface area contributed by atoms with Gasteiger partial charge >= 0.3 is 0 Å². The van der Waals surface area contributed by atoms with E-state index in [1.54, 1.807) is 12.1 Å². The van der Waals surface area contributed by atoms with Gasteiger partial charge in [0.05, 0.1) is 10.6 Å². The van der Waals surface area contributed by atoms with Crippen molar-refractivity contribution in [3.63, 3.8) is 0 Å². The number of sulfonamides is 1. The molecule has 0 saturated carbocycles. The van der Waals surface area contributed by atoms with Crippen molar-refractivity contribution in [2.75, 3.05) is 10.5 Å². The third kappa shape index (κ3) is 3.72. The molecule has 0 unspecified atom stereocenters. The summed E-state index contributed by atoms with van der Waals surface area (Å²) in [4.78, 5) is -0.0703. The fourth-order valence-corrected chi connectivity index (χ4v) is 3.02. The molecule has 21 heavy (non-hydrogen) atoms. The van der Waals surface area contributed by atoms with E-state index < -0.39 is 15.8 Å². The summed E-state index contributed by atoms with van der Waals surface area (Å²) in [5.74, 6) is -0.641. The third-order valence-electron chi connectivity index (χ3n) is 3.02. The topological polar surface area (TPSA) is 72.2 Å². The SMILES string of the molecule is CCCc1ccc(NS(=O)(=O)c2ccc(F)c(N)c2)cc1. The summed E-state index contributed by atoms with van der Waals surface area (Å²) in [6.07, 6.45) is 1.97. The van der Waals surface area contributed by atoms with E-state index in [9.17, 15) is 12.8 Å². The minimum Gasteiger partial charge on any atom is -0.396 e. The zero-order valence-electron chi connectivity index (χ0n) is 11.6. The van der Waals surface area contributed by atoms with E-state index in [0.717, 1.165) is 30.5 Å². The van der Waals surface area contributed by atoms with Gasteiger partial charge in [0.25, 0.3) is 10.0 Å². The van der Waals surface area contributed by atoms with Gasteiger partial charge in [-0.15, -0.1) is 0 Å². The largest absolute Gasteiger partial charge is 0.396 e. The zero-order valence-corrected chi connectivity index (χ0v) is 12.5. The highest BCUT2D eigenvalue weighted by Gasteiger charge is 2.15. The molecule has 2 rings (SSSR count). The normalized spacial score (nSPS) is 11.3. The molecule has 0 heterocycles. The number of hydrogen-bond donors (Lipinski definition) is 2. The van der Waals surface area contributed by atoms with Gasteiger partial charge < -0.3 is 5.73 Å². The Morgan fingerprint density at radius 2 is 1.81 bits per heavy atom. The number of rotatable bonds is 5. The van der Waals surface area contributed by atoms with Gasteiger partial charge in [0.1, 0.15) is 5.82 Å². The molecular formula is C15H17FN2O2S. The second-order valence-electron chi connectivity index (χ2n) is 4.74. The summed E-state index contributed by atoms with van der Waals surface area (Å²) < 4.78 is 39.9. The van der Waals surface area contributed by atoms with Gasteiger partial charge in [0, 0.05) is 5.69 Å². The molecule has 0 fully saturated rings. The molecule has 0 radical (unpaired) electrons. The van der Waals surface area contributed by atoms with Crippen LogP contribution in [0, 0.1) is 5.82 Å². The molecule has 112 valence electrons. The number of nitrogens with two attached hydrogens (primary N) is 1. The Morgan fingerprint density at radius 3 is 2.38 bits per heavy atom. The van der Waals surface area contributed by atoms with Crippen molar-refractivity contribution in [2.45, 2.75) is 24.7 Å². The van der Waals surface area contributed by atoms with Crippen molar-refractivity contribution in [3.8, 4) is 0 Å². The molecule has 0 aliphatic carbocycles. The van der Waals surface area contributed by atoms with Crippen molar-refractivity contribution in [1.29, 1.82) is 0 Å². The second kappa shape index (κ2) is 6.13. The Balaban J connectivity index is 2.22. The highest BCUT2D eigenvalue weighted by atomic mass is 32.2. The monoisotopic (exact) mass is 308 g/mol. The van der Waals surface area contributed by atoms with E-state index >= 15 is 0 Å². The van der Waals surface area contributed by atoms with Gasteiger partial charge in [-0.2, -0.15) is 0 Å². The van der Waals surface area contributed by atoms with Crippen molar-refractivity contribution in [1.82, 2.24) is 0 Å². The van der Waals surface area contributed by atoms with Crippen LogP contribution in [0.2, 0.25) is 0 Å². The van der Waals surface area contributed by atoms with E-state index in [2.05, 4.69) is 11.6 Å². The quantitative estimate of drug-likeness (QED) is 0.833. The summed E-state index contributed by atoms with van der Waals surface area (Å²) >= 11 is 0. The Kier molecular flexibility index (Phi) is 4.47. The van der Waals surface area contributed by atoms with Crippen LogP contribution in [-0.2, 0) is 16.4 Å². The van der Waals surface area contributed by atoms with E-state index in [-0.39, 0.29) is 10.6 Å². The molecular weight excluding hydrogens is 291 g/mol. The molecule has 0 aromatic heterocycles. The smallest absolute Gasteiger partial charge is 0.261 e. The highest BCUT2D eigenvalue weighted by molar-refractivity contribution is 7.92. The molecule has 6 heteroatoms. The fraction of sp³-hybridized carbons (Fsp3) is 0.200. The van der Waals surface area contributed by atoms with Crippen LogP contribution in [0.15, 0.2) is 47.4 Å². The van der Waals surface area contributed by atoms with Gasteiger partial charge in [0.2, 0.25) is 0 Å². The molecule has 0 aliphatic rings.